The standard InChI is InChI=1S/C16H23NO/c1-12-4-2-3-5-16(12)13-10-15(11-13)17-14-6-8-18-9-7-14/h2-5,13-15,17H,6-11H2,1H3. The lowest BCUT2D eigenvalue weighted by molar-refractivity contribution is 0.0697. The maximum atomic E-state index is 5.40. The molecule has 1 aliphatic heterocycles. The third-order valence-corrected chi connectivity index (χ3v) is 4.46. The molecule has 1 aromatic rings. The van der Waals surface area contributed by atoms with Gasteiger partial charge in [-0.3, -0.25) is 0 Å². The second-order valence-electron chi connectivity index (χ2n) is 5.78. The van der Waals surface area contributed by atoms with Crippen LogP contribution in [0.2, 0.25) is 0 Å². The molecule has 98 valence electrons. The van der Waals surface area contributed by atoms with Crippen molar-refractivity contribution in [3.8, 4) is 0 Å². The number of rotatable bonds is 3. The Morgan fingerprint density at radius 2 is 1.78 bits per heavy atom. The number of hydrogen-bond donors (Lipinski definition) is 1. The highest BCUT2D eigenvalue weighted by Gasteiger charge is 2.32. The molecule has 1 aliphatic carbocycles. The average Bonchev–Trinajstić information content (AvgIpc) is 2.36. The predicted molar refractivity (Wildman–Crippen MR) is 73.9 cm³/mol. The molecule has 2 nitrogen and oxygen atoms in total. The lowest BCUT2D eigenvalue weighted by Gasteiger charge is -2.40. The first-order chi connectivity index (χ1) is 8.83. The smallest absolute Gasteiger partial charge is 0.0480 e. The van der Waals surface area contributed by atoms with Crippen molar-refractivity contribution in [2.45, 2.75) is 50.6 Å². The molecular weight excluding hydrogens is 222 g/mol. The summed E-state index contributed by atoms with van der Waals surface area (Å²) in [7, 11) is 0. The van der Waals surface area contributed by atoms with E-state index in [2.05, 4.69) is 36.5 Å². The van der Waals surface area contributed by atoms with E-state index in [-0.39, 0.29) is 0 Å². The molecule has 0 spiro atoms. The van der Waals surface area contributed by atoms with E-state index in [4.69, 9.17) is 4.74 Å². The normalized spacial score (nSPS) is 28.9. The van der Waals surface area contributed by atoms with Gasteiger partial charge < -0.3 is 10.1 Å². The molecule has 1 saturated carbocycles. The fraction of sp³-hybridized carbons (Fsp3) is 0.625. The first kappa shape index (κ1) is 12.2. The summed E-state index contributed by atoms with van der Waals surface area (Å²) < 4.78 is 5.40. The van der Waals surface area contributed by atoms with Crippen LogP contribution < -0.4 is 5.32 Å². The van der Waals surface area contributed by atoms with Crippen LogP contribution in [0, 0.1) is 6.92 Å². The van der Waals surface area contributed by atoms with E-state index >= 15 is 0 Å². The van der Waals surface area contributed by atoms with Gasteiger partial charge in [0, 0.05) is 25.3 Å². The maximum absolute atomic E-state index is 5.40. The van der Waals surface area contributed by atoms with Crippen LogP contribution in [0.3, 0.4) is 0 Å². The summed E-state index contributed by atoms with van der Waals surface area (Å²) in [6.45, 7) is 4.10. The Bertz CT molecular complexity index is 392. The summed E-state index contributed by atoms with van der Waals surface area (Å²) in [4.78, 5) is 0. The second kappa shape index (κ2) is 5.41. The van der Waals surface area contributed by atoms with Crippen molar-refractivity contribution in [2.75, 3.05) is 13.2 Å². The van der Waals surface area contributed by atoms with Crippen LogP contribution in [-0.4, -0.2) is 25.3 Å². The SMILES string of the molecule is Cc1ccccc1C1CC(NC2CCOCC2)C1. The van der Waals surface area contributed by atoms with Crippen LogP contribution in [0.25, 0.3) is 0 Å². The first-order valence-corrected chi connectivity index (χ1v) is 7.22. The summed E-state index contributed by atoms with van der Waals surface area (Å²) in [6, 6.07) is 10.3. The van der Waals surface area contributed by atoms with Gasteiger partial charge in [-0.05, 0) is 49.7 Å². The molecule has 1 saturated heterocycles. The molecule has 0 aromatic heterocycles. The van der Waals surface area contributed by atoms with Crippen LogP contribution in [0.4, 0.5) is 0 Å². The van der Waals surface area contributed by atoms with Gasteiger partial charge >= 0.3 is 0 Å². The molecule has 1 heterocycles. The Labute approximate surface area is 110 Å². The van der Waals surface area contributed by atoms with E-state index in [0.29, 0.717) is 6.04 Å². The summed E-state index contributed by atoms with van der Waals surface area (Å²) in [6.07, 6.45) is 4.99. The molecule has 2 fully saturated rings. The third-order valence-electron chi connectivity index (χ3n) is 4.46. The topological polar surface area (TPSA) is 21.3 Å². The molecular formula is C16H23NO. The highest BCUT2D eigenvalue weighted by Crippen LogP contribution is 2.38. The summed E-state index contributed by atoms with van der Waals surface area (Å²) in [5, 5.41) is 3.79. The molecule has 3 rings (SSSR count). The van der Waals surface area contributed by atoms with Gasteiger partial charge in [-0.1, -0.05) is 24.3 Å². The largest absolute Gasteiger partial charge is 0.381 e. The molecule has 1 N–H and O–H groups in total. The molecule has 2 aliphatic rings. The minimum atomic E-state index is 0.696. The third kappa shape index (κ3) is 2.60. The van der Waals surface area contributed by atoms with Gasteiger partial charge in [-0.15, -0.1) is 0 Å². The average molecular weight is 245 g/mol. The molecule has 0 bridgehead atoms. The molecule has 1 aromatic carbocycles. The van der Waals surface area contributed by atoms with Gasteiger partial charge in [0.05, 0.1) is 0 Å². The first-order valence-electron chi connectivity index (χ1n) is 7.22. The quantitative estimate of drug-likeness (QED) is 0.884. The van der Waals surface area contributed by atoms with Gasteiger partial charge in [0.15, 0.2) is 0 Å². The Hall–Kier alpha value is -0.860. The highest BCUT2D eigenvalue weighted by molar-refractivity contribution is 5.31. The van der Waals surface area contributed by atoms with Crippen molar-refractivity contribution in [2.24, 2.45) is 0 Å². The predicted octanol–water partition coefficient (Wildman–Crippen LogP) is 3.01. The number of nitrogens with one attached hydrogen (secondary N) is 1. The Morgan fingerprint density at radius 3 is 2.50 bits per heavy atom. The van der Waals surface area contributed by atoms with E-state index in [9.17, 15) is 0 Å². The maximum Gasteiger partial charge on any atom is 0.0480 e. The minimum Gasteiger partial charge on any atom is -0.381 e. The Kier molecular flexibility index (Phi) is 3.67. The minimum absolute atomic E-state index is 0.696. The van der Waals surface area contributed by atoms with Crippen molar-refractivity contribution in [1.82, 2.24) is 5.32 Å². The lowest BCUT2D eigenvalue weighted by Crippen LogP contribution is -2.47. The molecule has 0 amide bonds. The van der Waals surface area contributed by atoms with Crippen molar-refractivity contribution in [1.29, 1.82) is 0 Å². The number of benzene rings is 1. The molecule has 0 radical (unpaired) electrons. The van der Waals surface area contributed by atoms with Gasteiger partial charge in [-0.2, -0.15) is 0 Å². The number of ether oxygens (including phenoxy) is 1. The van der Waals surface area contributed by atoms with Crippen LogP contribution in [-0.2, 0) is 4.74 Å². The fourth-order valence-electron chi connectivity index (χ4n) is 3.25. The lowest BCUT2D eigenvalue weighted by atomic mass is 9.74. The Morgan fingerprint density at radius 1 is 1.06 bits per heavy atom. The highest BCUT2D eigenvalue weighted by atomic mass is 16.5. The fourth-order valence-corrected chi connectivity index (χ4v) is 3.25. The van der Waals surface area contributed by atoms with E-state index in [1.807, 2.05) is 0 Å². The molecule has 0 atom stereocenters. The van der Waals surface area contributed by atoms with Crippen molar-refractivity contribution in [3.63, 3.8) is 0 Å². The van der Waals surface area contributed by atoms with E-state index in [0.717, 1.165) is 25.2 Å². The van der Waals surface area contributed by atoms with Crippen molar-refractivity contribution < 1.29 is 4.74 Å². The van der Waals surface area contributed by atoms with E-state index in [1.54, 1.807) is 5.56 Å². The summed E-state index contributed by atoms with van der Waals surface area (Å²) in [5.41, 5.74) is 3.01. The van der Waals surface area contributed by atoms with Gasteiger partial charge in [-0.25, -0.2) is 0 Å². The van der Waals surface area contributed by atoms with Crippen LogP contribution in [0.5, 0.6) is 0 Å². The van der Waals surface area contributed by atoms with Gasteiger partial charge in [0.25, 0.3) is 0 Å². The van der Waals surface area contributed by atoms with Gasteiger partial charge in [0.2, 0.25) is 0 Å². The number of aryl methyl sites for hydroxylation is 1. The molecule has 18 heavy (non-hydrogen) atoms. The zero-order valence-corrected chi connectivity index (χ0v) is 11.2. The Balaban J connectivity index is 1.49. The summed E-state index contributed by atoms with van der Waals surface area (Å²) >= 11 is 0. The monoisotopic (exact) mass is 245 g/mol. The summed E-state index contributed by atoms with van der Waals surface area (Å²) in [5.74, 6) is 0.781. The number of hydrogen-bond acceptors (Lipinski definition) is 2. The van der Waals surface area contributed by atoms with Crippen molar-refractivity contribution in [3.05, 3.63) is 35.4 Å². The van der Waals surface area contributed by atoms with Crippen LogP contribution in [0.15, 0.2) is 24.3 Å². The van der Waals surface area contributed by atoms with Gasteiger partial charge in [0.1, 0.15) is 0 Å². The zero-order valence-electron chi connectivity index (χ0n) is 11.2. The van der Waals surface area contributed by atoms with Crippen LogP contribution in [0.1, 0.15) is 42.7 Å². The molecule has 2 heteroatoms. The zero-order chi connectivity index (χ0) is 12.4. The van der Waals surface area contributed by atoms with E-state index in [1.165, 1.54) is 31.2 Å². The van der Waals surface area contributed by atoms with Crippen LogP contribution >= 0.6 is 0 Å². The molecule has 0 unspecified atom stereocenters. The second-order valence-corrected chi connectivity index (χ2v) is 5.78. The van der Waals surface area contributed by atoms with E-state index < -0.39 is 0 Å². The van der Waals surface area contributed by atoms with Crippen molar-refractivity contribution >= 4 is 0 Å².